The average Bonchev–Trinajstić information content (AvgIpc) is 3.17. The molecule has 3 heteroatoms. The van der Waals surface area contributed by atoms with Gasteiger partial charge in [0.2, 0.25) is 5.90 Å². The zero-order valence-electron chi connectivity index (χ0n) is 18.7. The van der Waals surface area contributed by atoms with Crippen LogP contribution in [0.5, 0.6) is 0 Å². The molecule has 3 nitrogen and oxygen atoms in total. The van der Waals surface area contributed by atoms with Crippen LogP contribution in [0.25, 0.3) is 21.9 Å². The second kappa shape index (κ2) is 8.08. The van der Waals surface area contributed by atoms with E-state index < -0.39 is 0 Å². The third-order valence-corrected chi connectivity index (χ3v) is 5.71. The molecule has 0 fully saturated rings. The van der Waals surface area contributed by atoms with Crippen LogP contribution in [0.15, 0.2) is 101 Å². The highest BCUT2D eigenvalue weighted by molar-refractivity contribution is 6.46. The van der Waals surface area contributed by atoms with Gasteiger partial charge in [0.25, 0.3) is 0 Å². The number of rotatable bonds is 4. The lowest BCUT2D eigenvalue weighted by Crippen LogP contribution is -2.17. The normalized spacial score (nSPS) is 15.5. The van der Waals surface area contributed by atoms with E-state index in [0.29, 0.717) is 12.5 Å². The Morgan fingerprint density at radius 1 is 0.812 bits per heavy atom. The zero-order chi connectivity index (χ0) is 22.1. The van der Waals surface area contributed by atoms with Gasteiger partial charge in [-0.2, -0.15) is 0 Å². The Balaban J connectivity index is 1.69. The Labute approximate surface area is 189 Å². The maximum Gasteiger partial charge on any atom is 0.236 e. The topological polar surface area (TPSA) is 34.0 Å². The average molecular weight is 419 g/mol. The molecule has 158 valence electrons. The molecule has 0 atom stereocenters. The van der Waals surface area contributed by atoms with Gasteiger partial charge in [0.15, 0.2) is 0 Å². The van der Waals surface area contributed by atoms with Crippen LogP contribution in [-0.4, -0.2) is 23.8 Å². The van der Waals surface area contributed by atoms with E-state index in [1.54, 1.807) is 0 Å². The van der Waals surface area contributed by atoms with Gasteiger partial charge in [-0.15, -0.1) is 0 Å². The molecule has 5 rings (SSSR count). The minimum absolute atomic E-state index is 0.248. The Morgan fingerprint density at radius 2 is 1.53 bits per heavy atom. The van der Waals surface area contributed by atoms with Crippen molar-refractivity contribution in [3.05, 3.63) is 102 Å². The third kappa shape index (κ3) is 3.94. The standard InChI is InChI=1S/C29H26N2O/c1-20-15-17-21(18-16-20)23-11-7-13-25-24(23)12-8-14-26(25)30-27(22-9-5-4-6-10-22)28-31-29(2,3)19-32-28/h4-18H,19H2,1-3H3. The Kier molecular flexibility index (Phi) is 5.10. The summed E-state index contributed by atoms with van der Waals surface area (Å²) >= 11 is 0. The van der Waals surface area contributed by atoms with E-state index in [9.17, 15) is 0 Å². The van der Waals surface area contributed by atoms with Gasteiger partial charge in [0.1, 0.15) is 12.3 Å². The van der Waals surface area contributed by atoms with Gasteiger partial charge >= 0.3 is 0 Å². The predicted octanol–water partition coefficient (Wildman–Crippen LogP) is 7.14. The summed E-state index contributed by atoms with van der Waals surface area (Å²) in [4.78, 5) is 9.92. The quantitative estimate of drug-likeness (QED) is 0.324. The lowest BCUT2D eigenvalue weighted by Gasteiger charge is -2.11. The number of nitrogens with zero attached hydrogens (tertiary/aromatic N) is 2. The Morgan fingerprint density at radius 3 is 2.25 bits per heavy atom. The molecule has 0 radical (unpaired) electrons. The van der Waals surface area contributed by atoms with Crippen molar-refractivity contribution in [1.82, 2.24) is 0 Å². The highest BCUT2D eigenvalue weighted by atomic mass is 16.5. The minimum Gasteiger partial charge on any atom is -0.474 e. The number of aliphatic imine (C=N–C) groups is 2. The number of aryl methyl sites for hydroxylation is 1. The first-order chi connectivity index (χ1) is 15.5. The van der Waals surface area contributed by atoms with Gasteiger partial charge in [-0.05, 0) is 43.4 Å². The maximum absolute atomic E-state index is 5.99. The van der Waals surface area contributed by atoms with Crippen LogP contribution in [0.4, 0.5) is 5.69 Å². The van der Waals surface area contributed by atoms with Crippen molar-refractivity contribution in [2.75, 3.05) is 6.61 Å². The Hall–Kier alpha value is -3.72. The summed E-state index contributed by atoms with van der Waals surface area (Å²) in [7, 11) is 0. The van der Waals surface area contributed by atoms with Crippen LogP contribution in [-0.2, 0) is 4.74 Å². The van der Waals surface area contributed by atoms with Crippen molar-refractivity contribution < 1.29 is 4.74 Å². The van der Waals surface area contributed by atoms with Crippen molar-refractivity contribution in [3.8, 4) is 11.1 Å². The molecule has 4 aromatic carbocycles. The molecule has 0 saturated carbocycles. The highest BCUT2D eigenvalue weighted by Gasteiger charge is 2.29. The van der Waals surface area contributed by atoms with E-state index >= 15 is 0 Å². The van der Waals surface area contributed by atoms with Crippen LogP contribution in [0, 0.1) is 6.92 Å². The van der Waals surface area contributed by atoms with E-state index in [1.807, 2.05) is 18.2 Å². The van der Waals surface area contributed by atoms with Crippen molar-refractivity contribution in [2.45, 2.75) is 26.3 Å². The third-order valence-electron chi connectivity index (χ3n) is 5.71. The summed E-state index contributed by atoms with van der Waals surface area (Å²) in [6.45, 7) is 6.82. The van der Waals surface area contributed by atoms with Crippen molar-refractivity contribution >= 4 is 28.1 Å². The molecule has 0 spiro atoms. The highest BCUT2D eigenvalue weighted by Crippen LogP contribution is 2.34. The van der Waals surface area contributed by atoms with Gasteiger partial charge in [-0.1, -0.05) is 90.5 Å². The number of fused-ring (bicyclic) bond motifs is 1. The molecule has 0 saturated heterocycles. The summed E-state index contributed by atoms with van der Waals surface area (Å²) in [5.41, 5.74) is 6.09. The van der Waals surface area contributed by atoms with E-state index in [-0.39, 0.29) is 5.54 Å². The van der Waals surface area contributed by atoms with Gasteiger partial charge in [-0.3, -0.25) is 0 Å². The maximum atomic E-state index is 5.99. The summed E-state index contributed by atoms with van der Waals surface area (Å²) in [5, 5.41) is 2.29. The molecule has 1 heterocycles. The molecule has 1 aliphatic rings. The first-order valence-electron chi connectivity index (χ1n) is 11.0. The fraction of sp³-hybridized carbons (Fsp3) is 0.172. The fourth-order valence-corrected chi connectivity index (χ4v) is 4.03. The number of ether oxygens (including phenoxy) is 1. The van der Waals surface area contributed by atoms with Gasteiger partial charge < -0.3 is 4.74 Å². The molecule has 32 heavy (non-hydrogen) atoms. The first-order valence-corrected chi connectivity index (χ1v) is 11.0. The molecular weight excluding hydrogens is 392 g/mol. The second-order valence-electron chi connectivity index (χ2n) is 8.89. The molecular formula is C29H26N2O. The summed E-state index contributed by atoms with van der Waals surface area (Å²) in [6, 6.07) is 31.5. The van der Waals surface area contributed by atoms with E-state index in [2.05, 4.69) is 93.6 Å². The SMILES string of the molecule is Cc1ccc(-c2cccc3c(N=C(C4=NC(C)(C)CO4)c4ccccc4)cccc23)cc1. The summed E-state index contributed by atoms with van der Waals surface area (Å²) < 4.78 is 5.99. The monoisotopic (exact) mass is 418 g/mol. The molecule has 0 aliphatic carbocycles. The molecule has 1 aliphatic heterocycles. The molecule has 0 aromatic heterocycles. The lowest BCUT2D eigenvalue weighted by atomic mass is 9.97. The van der Waals surface area contributed by atoms with Gasteiger partial charge in [-0.25, -0.2) is 9.98 Å². The van der Waals surface area contributed by atoms with Gasteiger partial charge in [0.05, 0.1) is 11.2 Å². The molecule has 0 unspecified atom stereocenters. The van der Waals surface area contributed by atoms with Crippen LogP contribution < -0.4 is 0 Å². The first kappa shape index (κ1) is 20.2. The molecule has 0 bridgehead atoms. The smallest absolute Gasteiger partial charge is 0.236 e. The number of hydrogen-bond donors (Lipinski definition) is 0. The van der Waals surface area contributed by atoms with Crippen molar-refractivity contribution in [1.29, 1.82) is 0 Å². The minimum atomic E-state index is -0.248. The number of hydrogen-bond acceptors (Lipinski definition) is 3. The fourth-order valence-electron chi connectivity index (χ4n) is 4.03. The predicted molar refractivity (Wildman–Crippen MR) is 134 cm³/mol. The van der Waals surface area contributed by atoms with Gasteiger partial charge in [0, 0.05) is 10.9 Å². The van der Waals surface area contributed by atoms with Crippen LogP contribution in [0.3, 0.4) is 0 Å². The number of benzene rings is 4. The zero-order valence-corrected chi connectivity index (χ0v) is 18.7. The van der Waals surface area contributed by atoms with E-state index in [1.165, 1.54) is 22.1 Å². The molecule has 4 aromatic rings. The van der Waals surface area contributed by atoms with Crippen LogP contribution in [0.1, 0.15) is 25.0 Å². The van der Waals surface area contributed by atoms with E-state index in [4.69, 9.17) is 14.7 Å². The summed E-state index contributed by atoms with van der Waals surface area (Å²) in [5.74, 6) is 0.605. The van der Waals surface area contributed by atoms with Crippen molar-refractivity contribution in [3.63, 3.8) is 0 Å². The van der Waals surface area contributed by atoms with Crippen LogP contribution >= 0.6 is 0 Å². The lowest BCUT2D eigenvalue weighted by molar-refractivity contribution is 0.282. The van der Waals surface area contributed by atoms with E-state index in [0.717, 1.165) is 22.3 Å². The second-order valence-corrected chi connectivity index (χ2v) is 8.89. The molecule has 0 N–H and O–H groups in total. The largest absolute Gasteiger partial charge is 0.474 e. The summed E-state index contributed by atoms with van der Waals surface area (Å²) in [6.07, 6.45) is 0. The Bertz CT molecular complexity index is 1330. The molecule has 0 amide bonds. The van der Waals surface area contributed by atoms with Crippen molar-refractivity contribution in [2.24, 2.45) is 9.98 Å². The van der Waals surface area contributed by atoms with Crippen LogP contribution in [0.2, 0.25) is 0 Å².